The second-order valence-electron chi connectivity index (χ2n) is 5.56. The standard InChI is InChI=1S/C19H17NO4S/c21-16-11-12-17(22)20(16)24-18(23)13-25-19(14-7-3-1-4-8-14)15-9-5-2-6-10-15/h1-10,19H,11-13H2. The molecule has 2 aromatic carbocycles. The van der Waals surface area contributed by atoms with Gasteiger partial charge in [-0.1, -0.05) is 60.7 Å². The molecule has 0 unspecified atom stereocenters. The van der Waals surface area contributed by atoms with Crippen LogP contribution in [0.1, 0.15) is 29.2 Å². The molecular formula is C19H17NO4S. The summed E-state index contributed by atoms with van der Waals surface area (Å²) in [5.41, 5.74) is 2.14. The number of hydrogen-bond acceptors (Lipinski definition) is 5. The van der Waals surface area contributed by atoms with Crippen molar-refractivity contribution >= 4 is 29.5 Å². The molecule has 0 spiro atoms. The molecule has 2 aromatic rings. The zero-order valence-corrected chi connectivity index (χ0v) is 14.3. The molecule has 25 heavy (non-hydrogen) atoms. The Labute approximate surface area is 149 Å². The summed E-state index contributed by atoms with van der Waals surface area (Å²) < 4.78 is 0. The van der Waals surface area contributed by atoms with Gasteiger partial charge in [-0.25, -0.2) is 4.79 Å². The van der Waals surface area contributed by atoms with Crippen LogP contribution >= 0.6 is 11.8 Å². The second-order valence-corrected chi connectivity index (χ2v) is 6.65. The molecule has 0 aromatic heterocycles. The predicted molar refractivity (Wildman–Crippen MR) is 94.4 cm³/mol. The average Bonchev–Trinajstić information content (AvgIpc) is 2.96. The number of amides is 2. The Morgan fingerprint density at radius 2 is 1.40 bits per heavy atom. The van der Waals surface area contributed by atoms with E-state index in [-0.39, 0.29) is 23.8 Å². The van der Waals surface area contributed by atoms with Crippen LogP contribution in [-0.2, 0) is 19.2 Å². The first kappa shape index (κ1) is 17.2. The van der Waals surface area contributed by atoms with Crippen molar-refractivity contribution in [3.05, 3.63) is 71.8 Å². The van der Waals surface area contributed by atoms with Crippen molar-refractivity contribution in [3.8, 4) is 0 Å². The van der Waals surface area contributed by atoms with E-state index in [1.165, 1.54) is 11.8 Å². The van der Waals surface area contributed by atoms with Gasteiger partial charge in [0.15, 0.2) is 0 Å². The van der Waals surface area contributed by atoms with Crippen molar-refractivity contribution < 1.29 is 19.2 Å². The lowest BCUT2D eigenvalue weighted by Crippen LogP contribution is -2.32. The molecule has 6 heteroatoms. The van der Waals surface area contributed by atoms with Crippen LogP contribution in [-0.4, -0.2) is 28.6 Å². The van der Waals surface area contributed by atoms with Crippen molar-refractivity contribution in [2.24, 2.45) is 0 Å². The minimum absolute atomic E-state index is 0.0332. The maximum atomic E-state index is 12.1. The van der Waals surface area contributed by atoms with Crippen LogP contribution in [0.2, 0.25) is 0 Å². The number of carbonyl (C=O) groups is 3. The number of nitrogens with zero attached hydrogens (tertiary/aromatic N) is 1. The highest BCUT2D eigenvalue weighted by Crippen LogP contribution is 2.35. The molecule has 1 heterocycles. The summed E-state index contributed by atoms with van der Waals surface area (Å²) in [5.74, 6) is -1.51. The first-order chi connectivity index (χ1) is 12.1. The SMILES string of the molecule is O=C(CSC(c1ccccc1)c1ccccc1)ON1C(=O)CCC1=O. The van der Waals surface area contributed by atoms with Gasteiger partial charge in [-0.2, -0.15) is 0 Å². The van der Waals surface area contributed by atoms with Gasteiger partial charge >= 0.3 is 5.97 Å². The predicted octanol–water partition coefficient (Wildman–Crippen LogP) is 3.12. The van der Waals surface area contributed by atoms with Gasteiger partial charge in [0, 0.05) is 12.8 Å². The highest BCUT2D eigenvalue weighted by Gasteiger charge is 2.33. The Balaban J connectivity index is 1.68. The molecular weight excluding hydrogens is 338 g/mol. The summed E-state index contributed by atoms with van der Waals surface area (Å²) in [7, 11) is 0. The fourth-order valence-electron chi connectivity index (χ4n) is 2.58. The molecule has 0 bridgehead atoms. The van der Waals surface area contributed by atoms with Crippen molar-refractivity contribution in [3.63, 3.8) is 0 Å². The number of rotatable bonds is 6. The number of benzene rings is 2. The molecule has 1 fully saturated rings. The highest BCUT2D eigenvalue weighted by atomic mass is 32.2. The van der Waals surface area contributed by atoms with E-state index >= 15 is 0 Å². The number of imide groups is 1. The third-order valence-electron chi connectivity index (χ3n) is 3.77. The molecule has 0 radical (unpaired) electrons. The molecule has 1 aliphatic rings. The van der Waals surface area contributed by atoms with Crippen LogP contribution in [0.15, 0.2) is 60.7 Å². The fourth-order valence-corrected chi connectivity index (χ4v) is 3.63. The van der Waals surface area contributed by atoms with Crippen LogP contribution in [0.25, 0.3) is 0 Å². The smallest absolute Gasteiger partial charge is 0.329 e. The van der Waals surface area contributed by atoms with Gasteiger partial charge < -0.3 is 4.84 Å². The van der Waals surface area contributed by atoms with Crippen molar-refractivity contribution in [2.45, 2.75) is 18.1 Å². The van der Waals surface area contributed by atoms with Crippen molar-refractivity contribution in [1.82, 2.24) is 5.06 Å². The first-order valence-corrected chi connectivity index (χ1v) is 8.98. The quantitative estimate of drug-likeness (QED) is 0.745. The molecule has 0 N–H and O–H groups in total. The largest absolute Gasteiger partial charge is 0.343 e. The lowest BCUT2D eigenvalue weighted by atomic mass is 10.0. The summed E-state index contributed by atoms with van der Waals surface area (Å²) in [5, 5.41) is 0.545. The van der Waals surface area contributed by atoms with E-state index in [0.29, 0.717) is 5.06 Å². The normalized spacial score (nSPS) is 14.2. The maximum absolute atomic E-state index is 12.1. The Morgan fingerprint density at radius 1 is 0.920 bits per heavy atom. The lowest BCUT2D eigenvalue weighted by Gasteiger charge is -2.18. The molecule has 0 aliphatic carbocycles. The lowest BCUT2D eigenvalue weighted by molar-refractivity contribution is -0.195. The van der Waals surface area contributed by atoms with Crippen LogP contribution < -0.4 is 0 Å². The van der Waals surface area contributed by atoms with E-state index in [1.807, 2.05) is 60.7 Å². The zero-order chi connectivity index (χ0) is 17.6. The molecule has 3 rings (SSSR count). The van der Waals surface area contributed by atoms with E-state index in [1.54, 1.807) is 0 Å². The van der Waals surface area contributed by atoms with E-state index < -0.39 is 17.8 Å². The molecule has 1 saturated heterocycles. The number of thioether (sulfide) groups is 1. The summed E-state index contributed by atoms with van der Waals surface area (Å²) in [4.78, 5) is 40.0. The molecule has 128 valence electrons. The Hall–Kier alpha value is -2.60. The van der Waals surface area contributed by atoms with Crippen LogP contribution in [0, 0.1) is 0 Å². The van der Waals surface area contributed by atoms with Gasteiger partial charge in [-0.3, -0.25) is 9.59 Å². The molecule has 2 amide bonds. The summed E-state index contributed by atoms with van der Waals surface area (Å²) in [6.45, 7) is 0. The van der Waals surface area contributed by atoms with Gasteiger partial charge in [0.05, 0.1) is 11.0 Å². The monoisotopic (exact) mass is 355 g/mol. The summed E-state index contributed by atoms with van der Waals surface area (Å²) in [6, 6.07) is 19.7. The Morgan fingerprint density at radius 3 is 1.88 bits per heavy atom. The van der Waals surface area contributed by atoms with Crippen LogP contribution in [0.3, 0.4) is 0 Å². The molecule has 5 nitrogen and oxygen atoms in total. The van der Waals surface area contributed by atoms with Gasteiger partial charge in [-0.15, -0.1) is 16.8 Å². The second kappa shape index (κ2) is 7.98. The van der Waals surface area contributed by atoms with Crippen LogP contribution in [0.5, 0.6) is 0 Å². The van der Waals surface area contributed by atoms with E-state index in [0.717, 1.165) is 11.1 Å². The first-order valence-electron chi connectivity index (χ1n) is 7.93. The van der Waals surface area contributed by atoms with E-state index in [2.05, 4.69) is 0 Å². The van der Waals surface area contributed by atoms with Gasteiger partial charge in [0.25, 0.3) is 11.8 Å². The van der Waals surface area contributed by atoms with E-state index in [9.17, 15) is 14.4 Å². The topological polar surface area (TPSA) is 63.7 Å². The minimum Gasteiger partial charge on any atom is -0.329 e. The number of hydrogen-bond donors (Lipinski definition) is 0. The summed E-state index contributed by atoms with van der Waals surface area (Å²) >= 11 is 1.40. The zero-order valence-electron chi connectivity index (χ0n) is 13.5. The Bertz CT molecular complexity index is 708. The van der Waals surface area contributed by atoms with Crippen LogP contribution in [0.4, 0.5) is 0 Å². The molecule has 0 atom stereocenters. The summed E-state index contributed by atoms with van der Waals surface area (Å²) in [6.07, 6.45) is 0.186. The third kappa shape index (κ3) is 4.28. The highest BCUT2D eigenvalue weighted by molar-refractivity contribution is 8.00. The van der Waals surface area contributed by atoms with Gasteiger partial charge in [0.1, 0.15) is 0 Å². The number of hydroxylamine groups is 2. The van der Waals surface area contributed by atoms with Crippen molar-refractivity contribution in [1.29, 1.82) is 0 Å². The maximum Gasteiger partial charge on any atom is 0.343 e. The van der Waals surface area contributed by atoms with Gasteiger partial charge in [-0.05, 0) is 11.1 Å². The van der Waals surface area contributed by atoms with E-state index in [4.69, 9.17) is 4.84 Å². The molecule has 1 aliphatic heterocycles. The average molecular weight is 355 g/mol. The minimum atomic E-state index is -0.606. The van der Waals surface area contributed by atoms with Crippen molar-refractivity contribution in [2.75, 3.05) is 5.75 Å². The number of carbonyl (C=O) groups excluding carboxylic acids is 3. The third-order valence-corrected chi connectivity index (χ3v) is 5.05. The van der Waals surface area contributed by atoms with Gasteiger partial charge in [0.2, 0.25) is 0 Å². The molecule has 0 saturated carbocycles. The fraction of sp³-hybridized carbons (Fsp3) is 0.211. The Kier molecular flexibility index (Phi) is 5.50.